The first kappa shape index (κ1) is 24.9. The topological polar surface area (TPSA) is 94.5 Å². The number of benzene rings is 2. The van der Waals surface area contributed by atoms with Gasteiger partial charge in [-0.15, -0.1) is 0 Å². The molecule has 0 spiro atoms. The smallest absolute Gasteiger partial charge is 0.508 e. The monoisotopic (exact) mass is 448 g/mol. The van der Waals surface area contributed by atoms with Gasteiger partial charge in [-0.3, -0.25) is 0 Å². The maximum atomic E-state index is 12.6. The number of phenolic OH excluding ortho intramolecular Hbond substituents is 2. The lowest BCUT2D eigenvalue weighted by Crippen LogP contribution is -2.56. The van der Waals surface area contributed by atoms with Crippen molar-refractivity contribution in [3.05, 3.63) is 59.7 Å². The van der Waals surface area contributed by atoms with Crippen LogP contribution in [-0.4, -0.2) is 43.0 Å². The Morgan fingerprint density at radius 1 is 0.871 bits per heavy atom. The van der Waals surface area contributed by atoms with Gasteiger partial charge in [-0.2, -0.15) is 0 Å². The van der Waals surface area contributed by atoms with E-state index in [0.717, 1.165) is 5.56 Å². The highest BCUT2D eigenvalue weighted by Gasteiger charge is 2.49. The molecule has 0 saturated carbocycles. The van der Waals surface area contributed by atoms with Crippen molar-refractivity contribution in [3.63, 3.8) is 0 Å². The summed E-state index contributed by atoms with van der Waals surface area (Å²) in [5, 5.41) is 19.0. The van der Waals surface area contributed by atoms with Crippen LogP contribution in [0, 0.1) is 0 Å². The quantitative estimate of drug-likeness (QED) is 0.312. The van der Waals surface area contributed by atoms with Gasteiger partial charge in [-0.1, -0.05) is 12.1 Å². The first-order valence-corrected chi connectivity index (χ1v) is 12.2. The predicted octanol–water partition coefficient (Wildman–Crippen LogP) is 4.58. The zero-order valence-corrected chi connectivity index (χ0v) is 19.9. The Kier molecular flexibility index (Phi) is 8.25. The highest BCUT2D eigenvalue weighted by atomic mass is 28.4. The third-order valence-corrected chi connectivity index (χ3v) is 7.34. The van der Waals surface area contributed by atoms with Crippen LogP contribution in [0.4, 0.5) is 0 Å². The van der Waals surface area contributed by atoms with Crippen molar-refractivity contribution in [2.24, 2.45) is 0 Å². The van der Waals surface area contributed by atoms with Crippen LogP contribution in [0.25, 0.3) is 0 Å². The summed E-state index contributed by atoms with van der Waals surface area (Å²) in [7, 11) is -3.39. The summed E-state index contributed by atoms with van der Waals surface area (Å²) in [5.41, 5.74) is 1.15. The van der Waals surface area contributed by atoms with Crippen molar-refractivity contribution in [2.45, 2.75) is 65.6 Å². The second kappa shape index (κ2) is 10.3. The molecular formula is C23H32O7Si. The molecule has 0 aliphatic rings. The lowest BCUT2D eigenvalue weighted by Gasteiger charge is -2.39. The number of esters is 1. The molecule has 0 atom stereocenters. The molecule has 0 fully saturated rings. The summed E-state index contributed by atoms with van der Waals surface area (Å²) in [6.07, 6.45) is -0.378. The van der Waals surface area contributed by atoms with Gasteiger partial charge in [-0.25, -0.2) is 4.79 Å². The van der Waals surface area contributed by atoms with Gasteiger partial charge in [0.25, 0.3) is 0 Å². The van der Waals surface area contributed by atoms with Crippen LogP contribution in [0.3, 0.4) is 0 Å². The molecule has 2 N–H and O–H groups in total. The number of carbonyl (C=O) groups is 1. The van der Waals surface area contributed by atoms with E-state index in [1.54, 1.807) is 38.1 Å². The molecular weight excluding hydrogens is 416 g/mol. The van der Waals surface area contributed by atoms with E-state index in [4.69, 9.17) is 18.0 Å². The van der Waals surface area contributed by atoms with Crippen molar-refractivity contribution in [2.75, 3.05) is 0 Å². The number of ether oxygens (including phenoxy) is 1. The maximum Gasteiger partial charge on any atom is 0.508 e. The van der Waals surface area contributed by atoms with Crippen LogP contribution in [0.15, 0.2) is 48.5 Å². The molecule has 170 valence electrons. The fourth-order valence-electron chi connectivity index (χ4n) is 3.05. The molecule has 2 aromatic rings. The molecule has 31 heavy (non-hydrogen) atoms. The summed E-state index contributed by atoms with van der Waals surface area (Å²) in [6.45, 7) is 10.8. The zero-order chi connectivity index (χ0) is 23.2. The minimum atomic E-state index is -3.39. The molecule has 0 aliphatic carbocycles. The van der Waals surface area contributed by atoms with Crippen LogP contribution in [-0.2, 0) is 24.1 Å². The molecule has 0 amide bonds. The maximum absolute atomic E-state index is 12.6. The molecule has 2 aromatic carbocycles. The van der Waals surface area contributed by atoms with Gasteiger partial charge in [0.1, 0.15) is 11.5 Å². The molecule has 0 radical (unpaired) electrons. The average molecular weight is 449 g/mol. The molecule has 0 unspecified atom stereocenters. The second-order valence-corrected chi connectivity index (χ2v) is 10.7. The van der Waals surface area contributed by atoms with Crippen LogP contribution in [0.2, 0.25) is 0 Å². The van der Waals surface area contributed by atoms with Crippen LogP contribution in [0.5, 0.6) is 11.5 Å². The first-order valence-electron chi connectivity index (χ1n) is 10.3. The number of aromatic hydroxyl groups is 2. The Hall–Kier alpha value is -2.39. The van der Waals surface area contributed by atoms with Crippen LogP contribution < -0.4 is 0 Å². The van der Waals surface area contributed by atoms with Gasteiger partial charge in [0.05, 0.1) is 5.56 Å². The highest BCUT2D eigenvalue weighted by Crippen LogP contribution is 2.28. The fourth-order valence-corrected chi connectivity index (χ4v) is 6.41. The Labute approximate surface area is 184 Å². The normalized spacial score (nSPS) is 12.4. The fraction of sp³-hybridized carbons (Fsp3) is 0.435. The summed E-state index contributed by atoms with van der Waals surface area (Å²) in [6, 6.07) is 12.9. The number of rotatable bonds is 10. The Morgan fingerprint density at radius 2 is 1.32 bits per heavy atom. The third-order valence-electron chi connectivity index (χ3n) is 4.03. The molecule has 0 saturated heterocycles. The number of hydrogen-bond donors (Lipinski definition) is 2. The van der Waals surface area contributed by atoms with E-state index in [-0.39, 0.29) is 29.3 Å². The van der Waals surface area contributed by atoms with E-state index in [2.05, 4.69) is 0 Å². The largest absolute Gasteiger partial charge is 0.508 e. The van der Waals surface area contributed by atoms with Crippen molar-refractivity contribution in [1.82, 2.24) is 0 Å². The molecule has 0 aliphatic heterocycles. The SMILES string of the molecule is CC(C)O[Si](Cc1ccc(O)cc1)(OC(C)C)OC(C)(C)OC(=O)c1ccc(O)cc1. The Morgan fingerprint density at radius 3 is 1.77 bits per heavy atom. The van der Waals surface area contributed by atoms with Gasteiger partial charge in [0.2, 0.25) is 5.79 Å². The van der Waals surface area contributed by atoms with Crippen LogP contribution in [0.1, 0.15) is 57.5 Å². The van der Waals surface area contributed by atoms with Crippen molar-refractivity contribution >= 4 is 14.8 Å². The number of carbonyl (C=O) groups excluding carboxylic acids is 1. The number of hydrogen-bond acceptors (Lipinski definition) is 7. The van der Waals surface area contributed by atoms with Crippen molar-refractivity contribution in [1.29, 1.82) is 0 Å². The number of phenols is 2. The standard InChI is InChI=1S/C23H32O7Si/c1-16(2)28-31(29-17(3)4,15-18-7-11-20(24)12-8-18)30-23(5,6)27-22(26)19-9-13-21(25)14-10-19/h7-14,16-17,24-25H,15H2,1-6H3. The van der Waals surface area contributed by atoms with E-state index < -0.39 is 20.6 Å². The molecule has 0 bridgehead atoms. The molecule has 2 rings (SSSR count). The van der Waals surface area contributed by atoms with Gasteiger partial charge >= 0.3 is 14.8 Å². The van der Waals surface area contributed by atoms with E-state index in [0.29, 0.717) is 6.04 Å². The third kappa shape index (κ3) is 7.99. The van der Waals surface area contributed by atoms with Gasteiger partial charge in [0.15, 0.2) is 0 Å². The Balaban J connectivity index is 2.30. The first-order chi connectivity index (χ1) is 14.4. The zero-order valence-electron chi connectivity index (χ0n) is 18.9. The minimum absolute atomic E-state index is 0.0584. The van der Waals surface area contributed by atoms with Gasteiger partial charge in [0, 0.05) is 32.1 Å². The van der Waals surface area contributed by atoms with Gasteiger partial charge in [-0.05, 0) is 69.7 Å². The molecule has 7 nitrogen and oxygen atoms in total. The van der Waals surface area contributed by atoms with E-state index in [1.165, 1.54) is 24.3 Å². The van der Waals surface area contributed by atoms with Crippen molar-refractivity contribution in [3.8, 4) is 11.5 Å². The summed E-state index contributed by atoms with van der Waals surface area (Å²) >= 11 is 0. The minimum Gasteiger partial charge on any atom is -0.508 e. The van der Waals surface area contributed by atoms with E-state index >= 15 is 0 Å². The van der Waals surface area contributed by atoms with Crippen LogP contribution >= 0.6 is 0 Å². The summed E-state index contributed by atoms with van der Waals surface area (Å²) in [4.78, 5) is 12.6. The van der Waals surface area contributed by atoms with Crippen molar-refractivity contribution < 1.29 is 33.0 Å². The predicted molar refractivity (Wildman–Crippen MR) is 119 cm³/mol. The molecule has 0 aromatic heterocycles. The molecule has 8 heteroatoms. The highest BCUT2D eigenvalue weighted by molar-refractivity contribution is 6.60. The Bertz CT molecular complexity index is 835. The van der Waals surface area contributed by atoms with E-state index in [9.17, 15) is 15.0 Å². The van der Waals surface area contributed by atoms with E-state index in [1.807, 2.05) is 27.7 Å². The summed E-state index contributed by atoms with van der Waals surface area (Å²) < 4.78 is 24.4. The average Bonchev–Trinajstić information content (AvgIpc) is 2.62. The second-order valence-electron chi connectivity index (χ2n) is 8.30. The lowest BCUT2D eigenvalue weighted by atomic mass is 10.2. The molecule has 0 heterocycles. The van der Waals surface area contributed by atoms with Gasteiger partial charge < -0.3 is 28.2 Å². The summed E-state index contributed by atoms with van der Waals surface area (Å²) in [5.74, 6) is -1.72. The lowest BCUT2D eigenvalue weighted by molar-refractivity contribution is -0.159.